The summed E-state index contributed by atoms with van der Waals surface area (Å²) in [4.78, 5) is 0.677. The maximum Gasteiger partial charge on any atom is 0.0120 e. The SMILES string of the molecule is C=CCCCCCC(C)CC(C)Br. The summed E-state index contributed by atoms with van der Waals surface area (Å²) in [6.45, 7) is 8.31. The van der Waals surface area contributed by atoms with E-state index >= 15 is 0 Å². The highest BCUT2D eigenvalue weighted by molar-refractivity contribution is 9.09. The van der Waals surface area contributed by atoms with E-state index in [9.17, 15) is 0 Å². The Morgan fingerprint density at radius 3 is 2.46 bits per heavy atom. The van der Waals surface area contributed by atoms with Crippen LogP contribution in [0.4, 0.5) is 0 Å². The van der Waals surface area contributed by atoms with E-state index in [1.165, 1.54) is 38.5 Å². The van der Waals surface area contributed by atoms with Gasteiger partial charge in [-0.25, -0.2) is 0 Å². The van der Waals surface area contributed by atoms with Gasteiger partial charge >= 0.3 is 0 Å². The third kappa shape index (κ3) is 10.1. The normalized spacial score (nSPS) is 15.3. The Labute approximate surface area is 91.9 Å². The Hall–Kier alpha value is 0.220. The van der Waals surface area contributed by atoms with Crippen molar-refractivity contribution in [3.8, 4) is 0 Å². The zero-order chi connectivity index (χ0) is 10.1. The largest absolute Gasteiger partial charge is 0.103 e. The summed E-state index contributed by atoms with van der Waals surface area (Å²) in [6.07, 6.45) is 9.96. The van der Waals surface area contributed by atoms with E-state index in [4.69, 9.17) is 0 Å². The van der Waals surface area contributed by atoms with E-state index in [0.717, 1.165) is 5.92 Å². The number of unbranched alkanes of at least 4 members (excludes halogenated alkanes) is 3. The van der Waals surface area contributed by atoms with Crippen LogP contribution in [0.25, 0.3) is 0 Å². The Kier molecular flexibility index (Phi) is 8.95. The number of alkyl halides is 1. The summed E-state index contributed by atoms with van der Waals surface area (Å²) >= 11 is 3.60. The van der Waals surface area contributed by atoms with E-state index in [1.54, 1.807) is 0 Å². The molecule has 2 atom stereocenters. The van der Waals surface area contributed by atoms with Crippen molar-refractivity contribution in [1.29, 1.82) is 0 Å². The second-order valence-electron chi connectivity index (χ2n) is 4.05. The molecule has 0 aromatic carbocycles. The van der Waals surface area contributed by atoms with Crippen molar-refractivity contribution < 1.29 is 0 Å². The maximum atomic E-state index is 3.73. The smallest absolute Gasteiger partial charge is 0.0120 e. The van der Waals surface area contributed by atoms with Gasteiger partial charge in [-0.2, -0.15) is 0 Å². The molecule has 0 rings (SSSR count). The fraction of sp³-hybridized carbons (Fsp3) is 0.833. The molecule has 0 bridgehead atoms. The van der Waals surface area contributed by atoms with Gasteiger partial charge in [-0.15, -0.1) is 6.58 Å². The van der Waals surface area contributed by atoms with Crippen LogP contribution in [-0.2, 0) is 0 Å². The van der Waals surface area contributed by atoms with Crippen molar-refractivity contribution in [3.05, 3.63) is 12.7 Å². The minimum absolute atomic E-state index is 0.677. The molecule has 0 nitrogen and oxygen atoms in total. The molecule has 0 aromatic heterocycles. The minimum Gasteiger partial charge on any atom is -0.103 e. The highest BCUT2D eigenvalue weighted by Gasteiger charge is 2.04. The average molecular weight is 247 g/mol. The predicted molar refractivity (Wildman–Crippen MR) is 65.5 cm³/mol. The molecule has 1 heteroatoms. The molecular weight excluding hydrogens is 224 g/mol. The van der Waals surface area contributed by atoms with Crippen LogP contribution < -0.4 is 0 Å². The molecule has 0 spiro atoms. The standard InChI is InChI=1S/C12H23Br/c1-4-5-6-7-8-9-11(2)10-12(3)13/h4,11-12H,1,5-10H2,2-3H3. The van der Waals surface area contributed by atoms with Crippen LogP contribution >= 0.6 is 15.9 Å². The van der Waals surface area contributed by atoms with Gasteiger partial charge in [-0.05, 0) is 25.2 Å². The zero-order valence-electron chi connectivity index (χ0n) is 9.06. The molecule has 0 saturated carbocycles. The van der Waals surface area contributed by atoms with E-state index in [1.807, 2.05) is 6.08 Å². The lowest BCUT2D eigenvalue weighted by molar-refractivity contribution is 0.463. The molecule has 0 aliphatic rings. The first-order valence-corrected chi connectivity index (χ1v) is 6.33. The van der Waals surface area contributed by atoms with Crippen molar-refractivity contribution in [3.63, 3.8) is 0 Å². The zero-order valence-corrected chi connectivity index (χ0v) is 10.6. The molecule has 0 heterocycles. The van der Waals surface area contributed by atoms with Gasteiger partial charge in [0.25, 0.3) is 0 Å². The van der Waals surface area contributed by atoms with E-state index < -0.39 is 0 Å². The molecule has 0 N–H and O–H groups in total. The molecule has 0 aliphatic carbocycles. The number of hydrogen-bond acceptors (Lipinski definition) is 0. The Balaban J connectivity index is 3.16. The Bertz CT molecular complexity index is 118. The third-order valence-electron chi connectivity index (χ3n) is 2.33. The Morgan fingerprint density at radius 2 is 1.92 bits per heavy atom. The van der Waals surface area contributed by atoms with Crippen molar-refractivity contribution in [2.24, 2.45) is 5.92 Å². The van der Waals surface area contributed by atoms with Crippen molar-refractivity contribution in [2.75, 3.05) is 0 Å². The fourth-order valence-electron chi connectivity index (χ4n) is 1.63. The predicted octanol–water partition coefficient (Wildman–Crippen LogP) is 4.93. The molecule has 78 valence electrons. The van der Waals surface area contributed by atoms with Gasteiger partial charge in [0.2, 0.25) is 0 Å². The second-order valence-corrected chi connectivity index (χ2v) is 5.61. The van der Waals surface area contributed by atoms with Gasteiger partial charge in [0.15, 0.2) is 0 Å². The van der Waals surface area contributed by atoms with Crippen LogP contribution in [0, 0.1) is 5.92 Å². The van der Waals surface area contributed by atoms with Crippen LogP contribution in [0.1, 0.15) is 52.4 Å². The lowest BCUT2D eigenvalue weighted by atomic mass is 9.98. The third-order valence-corrected chi connectivity index (χ3v) is 2.71. The summed E-state index contributed by atoms with van der Waals surface area (Å²) in [5, 5.41) is 0. The summed E-state index contributed by atoms with van der Waals surface area (Å²) in [6, 6.07) is 0. The molecule has 0 fully saturated rings. The van der Waals surface area contributed by atoms with Crippen LogP contribution in [0.2, 0.25) is 0 Å². The van der Waals surface area contributed by atoms with E-state index in [-0.39, 0.29) is 0 Å². The lowest BCUT2D eigenvalue weighted by Gasteiger charge is -2.12. The van der Waals surface area contributed by atoms with Crippen molar-refractivity contribution in [2.45, 2.75) is 57.2 Å². The summed E-state index contributed by atoms with van der Waals surface area (Å²) < 4.78 is 0. The van der Waals surface area contributed by atoms with E-state index in [0.29, 0.717) is 4.83 Å². The number of allylic oxidation sites excluding steroid dienone is 1. The van der Waals surface area contributed by atoms with Crippen LogP contribution in [0.3, 0.4) is 0 Å². The molecule has 2 unspecified atom stereocenters. The van der Waals surface area contributed by atoms with Crippen molar-refractivity contribution >= 4 is 15.9 Å². The molecule has 0 saturated heterocycles. The monoisotopic (exact) mass is 246 g/mol. The highest BCUT2D eigenvalue weighted by Crippen LogP contribution is 2.18. The molecule has 13 heavy (non-hydrogen) atoms. The van der Waals surface area contributed by atoms with Gasteiger partial charge in [0.05, 0.1) is 0 Å². The first-order chi connectivity index (χ1) is 6.16. The Morgan fingerprint density at radius 1 is 1.23 bits per heavy atom. The number of halogens is 1. The number of rotatable bonds is 8. The topological polar surface area (TPSA) is 0 Å². The first-order valence-electron chi connectivity index (χ1n) is 5.41. The first kappa shape index (κ1) is 13.2. The van der Waals surface area contributed by atoms with Gasteiger partial charge in [0.1, 0.15) is 0 Å². The quantitative estimate of drug-likeness (QED) is 0.324. The van der Waals surface area contributed by atoms with Gasteiger partial charge in [-0.1, -0.05) is 55.1 Å². The average Bonchev–Trinajstić information content (AvgIpc) is 2.02. The molecule has 0 amide bonds. The van der Waals surface area contributed by atoms with Crippen molar-refractivity contribution in [1.82, 2.24) is 0 Å². The van der Waals surface area contributed by atoms with Gasteiger partial charge in [0, 0.05) is 4.83 Å². The van der Waals surface area contributed by atoms with Crippen LogP contribution in [0.5, 0.6) is 0 Å². The summed E-state index contributed by atoms with van der Waals surface area (Å²) in [5.41, 5.74) is 0. The van der Waals surface area contributed by atoms with Crippen LogP contribution in [0.15, 0.2) is 12.7 Å². The fourth-order valence-corrected chi connectivity index (χ4v) is 2.27. The summed E-state index contributed by atoms with van der Waals surface area (Å²) in [5.74, 6) is 0.873. The lowest BCUT2D eigenvalue weighted by Crippen LogP contribution is -2.01. The highest BCUT2D eigenvalue weighted by atomic mass is 79.9. The molecular formula is C12H23Br. The van der Waals surface area contributed by atoms with Crippen LogP contribution in [-0.4, -0.2) is 4.83 Å². The molecule has 0 aliphatic heterocycles. The molecule has 0 radical (unpaired) electrons. The second kappa shape index (κ2) is 8.80. The minimum atomic E-state index is 0.677. The maximum absolute atomic E-state index is 3.73. The van der Waals surface area contributed by atoms with Gasteiger partial charge in [-0.3, -0.25) is 0 Å². The summed E-state index contributed by atoms with van der Waals surface area (Å²) in [7, 11) is 0. The van der Waals surface area contributed by atoms with E-state index in [2.05, 4.69) is 36.4 Å². The number of hydrogen-bond donors (Lipinski definition) is 0. The van der Waals surface area contributed by atoms with Gasteiger partial charge < -0.3 is 0 Å². The molecule has 0 aromatic rings.